The molecule has 0 aromatic carbocycles. The van der Waals surface area contributed by atoms with Crippen molar-refractivity contribution in [2.45, 2.75) is 10.6 Å². The molecule has 21 heavy (non-hydrogen) atoms. The Kier molecular flexibility index (Phi) is 5.09. The summed E-state index contributed by atoms with van der Waals surface area (Å²) in [6.07, 6.45) is 2.45. The van der Waals surface area contributed by atoms with Crippen LogP contribution in [0.3, 0.4) is 0 Å². The van der Waals surface area contributed by atoms with E-state index >= 15 is 0 Å². The molecule has 116 valence electrons. The number of esters is 1. The van der Waals surface area contributed by atoms with Gasteiger partial charge in [-0.25, -0.2) is 18.2 Å². The van der Waals surface area contributed by atoms with E-state index in [1.165, 1.54) is 16.9 Å². The fourth-order valence-corrected chi connectivity index (χ4v) is 4.65. The summed E-state index contributed by atoms with van der Waals surface area (Å²) in [6.45, 7) is 1.12. The van der Waals surface area contributed by atoms with Crippen LogP contribution in [-0.4, -0.2) is 57.6 Å². The third-order valence-electron chi connectivity index (χ3n) is 3.08. The average molecular weight is 332 g/mol. The molecule has 1 aromatic heterocycles. The predicted octanol–water partition coefficient (Wildman–Crippen LogP) is 0.897. The number of aromatic nitrogens is 1. The van der Waals surface area contributed by atoms with E-state index in [-0.39, 0.29) is 16.4 Å². The smallest absolute Gasteiger partial charge is 0.358 e. The number of hydrogen-bond acceptors (Lipinski definition) is 7. The van der Waals surface area contributed by atoms with Crippen molar-refractivity contribution in [3.05, 3.63) is 22.9 Å². The van der Waals surface area contributed by atoms with Crippen molar-refractivity contribution in [1.29, 1.82) is 0 Å². The molecule has 2 heterocycles. The molecule has 1 aliphatic heterocycles. The van der Waals surface area contributed by atoms with Gasteiger partial charge in [-0.15, -0.1) is 11.3 Å². The number of sulfonamides is 1. The van der Waals surface area contributed by atoms with E-state index in [1.807, 2.05) is 6.08 Å². The minimum atomic E-state index is -3.74. The molecule has 0 aliphatic carbocycles. The van der Waals surface area contributed by atoms with Crippen molar-refractivity contribution < 1.29 is 22.7 Å². The summed E-state index contributed by atoms with van der Waals surface area (Å²) in [4.78, 5) is 15.4. The molecule has 0 atom stereocenters. The lowest BCUT2D eigenvalue weighted by atomic mass is 10.1. The number of nitrogens with zero attached hydrogens (tertiary/aromatic N) is 2. The third kappa shape index (κ3) is 3.31. The molecule has 9 heteroatoms. The number of ether oxygens (including phenoxy) is 2. The lowest BCUT2D eigenvalue weighted by Crippen LogP contribution is -2.35. The highest BCUT2D eigenvalue weighted by Gasteiger charge is 2.32. The van der Waals surface area contributed by atoms with E-state index in [4.69, 9.17) is 4.74 Å². The van der Waals surface area contributed by atoms with E-state index in [2.05, 4.69) is 9.72 Å². The maximum Gasteiger partial charge on any atom is 0.358 e. The second-order valence-electron chi connectivity index (χ2n) is 4.39. The van der Waals surface area contributed by atoms with Gasteiger partial charge in [0.05, 0.1) is 19.2 Å². The summed E-state index contributed by atoms with van der Waals surface area (Å²) in [7, 11) is -0.945. The summed E-state index contributed by atoms with van der Waals surface area (Å²) < 4.78 is 36.0. The van der Waals surface area contributed by atoms with E-state index in [9.17, 15) is 13.2 Å². The molecular weight excluding hydrogens is 316 g/mol. The first-order valence-electron chi connectivity index (χ1n) is 6.19. The minimum absolute atomic E-state index is 0.0714. The van der Waals surface area contributed by atoms with E-state index in [1.54, 1.807) is 7.11 Å². The maximum absolute atomic E-state index is 12.6. The van der Waals surface area contributed by atoms with Crippen LogP contribution in [0.5, 0.6) is 0 Å². The zero-order chi connectivity index (χ0) is 15.5. The van der Waals surface area contributed by atoms with Gasteiger partial charge in [-0.05, 0) is 12.0 Å². The molecule has 0 N–H and O–H groups in total. The Morgan fingerprint density at radius 2 is 2.24 bits per heavy atom. The third-order valence-corrected chi connectivity index (χ3v) is 6.30. The largest absolute Gasteiger partial charge is 0.464 e. The van der Waals surface area contributed by atoms with Crippen molar-refractivity contribution in [3.8, 4) is 0 Å². The highest BCUT2D eigenvalue weighted by Crippen LogP contribution is 2.26. The van der Waals surface area contributed by atoms with Crippen molar-refractivity contribution in [2.24, 2.45) is 0 Å². The van der Waals surface area contributed by atoms with Gasteiger partial charge in [-0.2, -0.15) is 4.31 Å². The van der Waals surface area contributed by atoms with Gasteiger partial charge in [-0.1, -0.05) is 6.08 Å². The standard InChI is InChI=1S/C12H16N2O5S2/c1-18-7-9-3-5-14(6-4-9)21(16,17)12-10(11(15)19-2)13-8-20-12/h3,8H,4-7H2,1-2H3. The molecule has 7 nitrogen and oxygen atoms in total. The molecule has 0 fully saturated rings. The molecule has 0 saturated heterocycles. The molecule has 0 bridgehead atoms. The van der Waals surface area contributed by atoms with Crippen LogP contribution in [-0.2, 0) is 19.5 Å². The summed E-state index contributed by atoms with van der Waals surface area (Å²) in [5, 5.41) is 0. The number of methoxy groups -OCH3 is 2. The average Bonchev–Trinajstić information content (AvgIpc) is 2.97. The number of carbonyl (C=O) groups is 1. The Labute approximate surface area is 127 Å². The predicted molar refractivity (Wildman–Crippen MR) is 76.8 cm³/mol. The molecule has 0 radical (unpaired) electrons. The Morgan fingerprint density at radius 3 is 2.81 bits per heavy atom. The van der Waals surface area contributed by atoms with Gasteiger partial charge in [0.15, 0.2) is 9.90 Å². The van der Waals surface area contributed by atoms with Crippen LogP contribution < -0.4 is 0 Å². The van der Waals surface area contributed by atoms with Crippen LogP contribution in [0.1, 0.15) is 16.9 Å². The van der Waals surface area contributed by atoms with Gasteiger partial charge in [0.2, 0.25) is 0 Å². The monoisotopic (exact) mass is 332 g/mol. The molecule has 0 amide bonds. The van der Waals surface area contributed by atoms with Crippen LogP contribution in [0.25, 0.3) is 0 Å². The van der Waals surface area contributed by atoms with Gasteiger partial charge >= 0.3 is 5.97 Å². The van der Waals surface area contributed by atoms with Crippen LogP contribution in [0.4, 0.5) is 0 Å². The quantitative estimate of drug-likeness (QED) is 0.588. The number of rotatable bonds is 5. The van der Waals surface area contributed by atoms with E-state index in [0.717, 1.165) is 16.9 Å². The number of carbonyl (C=O) groups excluding carboxylic acids is 1. The second kappa shape index (κ2) is 6.65. The first kappa shape index (κ1) is 16.1. The van der Waals surface area contributed by atoms with E-state index in [0.29, 0.717) is 19.6 Å². The second-order valence-corrected chi connectivity index (χ2v) is 7.38. The SMILES string of the molecule is COCC1=CCN(S(=O)(=O)c2scnc2C(=O)OC)CC1. The number of thiazole rings is 1. The first-order chi connectivity index (χ1) is 10.0. The lowest BCUT2D eigenvalue weighted by Gasteiger charge is -2.25. The van der Waals surface area contributed by atoms with E-state index < -0.39 is 16.0 Å². The maximum atomic E-state index is 12.6. The van der Waals surface area contributed by atoms with Crippen LogP contribution >= 0.6 is 11.3 Å². The lowest BCUT2D eigenvalue weighted by molar-refractivity contribution is 0.0590. The zero-order valence-electron chi connectivity index (χ0n) is 11.7. The Hall–Kier alpha value is -1.29. The molecule has 1 aliphatic rings. The topological polar surface area (TPSA) is 85.8 Å². The molecule has 0 unspecified atom stereocenters. The molecular formula is C12H16N2O5S2. The van der Waals surface area contributed by atoms with Crippen molar-refractivity contribution in [3.63, 3.8) is 0 Å². The summed E-state index contributed by atoms with van der Waals surface area (Å²) in [5.41, 5.74) is 2.24. The van der Waals surface area contributed by atoms with Gasteiger partial charge in [0, 0.05) is 20.2 Å². The van der Waals surface area contributed by atoms with Crippen LogP contribution in [0.2, 0.25) is 0 Å². The molecule has 2 rings (SSSR count). The van der Waals surface area contributed by atoms with Crippen molar-refractivity contribution in [2.75, 3.05) is 33.9 Å². The highest BCUT2D eigenvalue weighted by molar-refractivity contribution is 7.91. The summed E-state index contributed by atoms with van der Waals surface area (Å²) >= 11 is 0.918. The minimum Gasteiger partial charge on any atom is -0.464 e. The molecule has 0 spiro atoms. The van der Waals surface area contributed by atoms with Crippen molar-refractivity contribution >= 4 is 27.3 Å². The van der Waals surface area contributed by atoms with Crippen LogP contribution in [0.15, 0.2) is 21.4 Å². The van der Waals surface area contributed by atoms with Gasteiger partial charge in [-0.3, -0.25) is 0 Å². The fourth-order valence-electron chi connectivity index (χ4n) is 2.00. The van der Waals surface area contributed by atoms with Crippen LogP contribution in [0, 0.1) is 0 Å². The molecule has 0 saturated carbocycles. The Bertz CT molecular complexity index is 650. The molecule has 1 aromatic rings. The highest BCUT2D eigenvalue weighted by atomic mass is 32.2. The fraction of sp³-hybridized carbons (Fsp3) is 0.500. The zero-order valence-corrected chi connectivity index (χ0v) is 13.4. The van der Waals surface area contributed by atoms with Gasteiger partial charge in [0.1, 0.15) is 0 Å². The Balaban J connectivity index is 2.24. The van der Waals surface area contributed by atoms with Crippen molar-refractivity contribution in [1.82, 2.24) is 9.29 Å². The number of hydrogen-bond donors (Lipinski definition) is 0. The first-order valence-corrected chi connectivity index (χ1v) is 8.51. The summed E-state index contributed by atoms with van der Waals surface area (Å²) in [5.74, 6) is -0.748. The summed E-state index contributed by atoms with van der Waals surface area (Å²) in [6, 6.07) is 0. The normalized spacial score (nSPS) is 16.6. The van der Waals surface area contributed by atoms with Gasteiger partial charge < -0.3 is 9.47 Å². The van der Waals surface area contributed by atoms with Gasteiger partial charge in [0.25, 0.3) is 10.0 Å². The Morgan fingerprint density at radius 1 is 1.48 bits per heavy atom.